The second kappa shape index (κ2) is 7.13. The Morgan fingerprint density at radius 1 is 1.24 bits per heavy atom. The Labute approximate surface area is 169 Å². The molecule has 1 aromatic rings. The molecule has 3 aliphatic heterocycles. The minimum Gasteiger partial charge on any atom is -0.360 e. The maximum absolute atomic E-state index is 13.2. The lowest BCUT2D eigenvalue weighted by atomic mass is 9.77. The Morgan fingerprint density at radius 3 is 2.86 bits per heavy atom. The van der Waals surface area contributed by atoms with Crippen molar-refractivity contribution in [2.75, 3.05) is 13.1 Å². The summed E-state index contributed by atoms with van der Waals surface area (Å²) in [6.45, 7) is 1.59. The van der Waals surface area contributed by atoms with Gasteiger partial charge >= 0.3 is 0 Å². The summed E-state index contributed by atoms with van der Waals surface area (Å²) in [7, 11) is 0. The van der Waals surface area contributed by atoms with E-state index in [1.165, 1.54) is 18.9 Å². The van der Waals surface area contributed by atoms with Crippen LogP contribution < -0.4 is 10.9 Å². The number of rotatable bonds is 6. The summed E-state index contributed by atoms with van der Waals surface area (Å²) in [6, 6.07) is 5.36. The lowest BCUT2D eigenvalue weighted by Gasteiger charge is -2.27. The number of fused-ring (bicyclic) bond motifs is 1. The summed E-state index contributed by atoms with van der Waals surface area (Å²) in [5.41, 5.74) is -0.667. The van der Waals surface area contributed by atoms with Gasteiger partial charge in [0.2, 0.25) is 17.4 Å². The normalized spacial score (nSPS) is 32.9. The average Bonchev–Trinajstić information content (AvgIpc) is 3.48. The van der Waals surface area contributed by atoms with Crippen LogP contribution in [0.25, 0.3) is 0 Å². The number of hydrogen-bond donors (Lipinski definition) is 1. The fourth-order valence-electron chi connectivity index (χ4n) is 5.58. The van der Waals surface area contributed by atoms with E-state index in [4.69, 9.17) is 4.74 Å². The van der Waals surface area contributed by atoms with Crippen molar-refractivity contribution in [3.05, 3.63) is 46.9 Å². The first kappa shape index (κ1) is 18.6. The van der Waals surface area contributed by atoms with E-state index >= 15 is 0 Å². The highest BCUT2D eigenvalue weighted by Crippen LogP contribution is 2.52. The average molecular weight is 397 g/mol. The van der Waals surface area contributed by atoms with Crippen molar-refractivity contribution in [1.82, 2.24) is 14.8 Å². The third kappa shape index (κ3) is 3.03. The third-order valence-corrected chi connectivity index (χ3v) is 6.97. The van der Waals surface area contributed by atoms with Crippen LogP contribution in [0.15, 0.2) is 41.3 Å². The van der Waals surface area contributed by atoms with Crippen molar-refractivity contribution in [1.29, 1.82) is 0 Å². The molecule has 29 heavy (non-hydrogen) atoms. The summed E-state index contributed by atoms with van der Waals surface area (Å²) in [5.74, 6) is -0.902. The molecule has 4 heterocycles. The lowest BCUT2D eigenvalue weighted by molar-refractivity contribution is -0.138. The van der Waals surface area contributed by atoms with Gasteiger partial charge in [0.25, 0.3) is 0 Å². The maximum atomic E-state index is 13.2. The van der Waals surface area contributed by atoms with Gasteiger partial charge in [0, 0.05) is 31.4 Å². The SMILES string of the molecule is O=C(NCCCn1ccccc1=O)[C@H]1[C@@H]2C=C[C@@]3(CN(C4CCCC4)C(=O)[C@@H]13)O2. The van der Waals surface area contributed by atoms with Gasteiger partial charge in [-0.3, -0.25) is 14.4 Å². The molecular formula is C22H27N3O4. The zero-order chi connectivity index (χ0) is 20.0. The van der Waals surface area contributed by atoms with E-state index in [0.29, 0.717) is 32.1 Å². The Kier molecular flexibility index (Phi) is 4.57. The number of carbonyl (C=O) groups is 2. The van der Waals surface area contributed by atoms with Crippen molar-refractivity contribution < 1.29 is 14.3 Å². The zero-order valence-electron chi connectivity index (χ0n) is 16.5. The molecule has 2 saturated heterocycles. The second-order valence-electron chi connectivity index (χ2n) is 8.68. The number of pyridine rings is 1. The number of aryl methyl sites for hydroxylation is 1. The van der Waals surface area contributed by atoms with E-state index in [0.717, 1.165) is 12.8 Å². The Hall–Kier alpha value is -2.41. The Morgan fingerprint density at radius 2 is 2.07 bits per heavy atom. The molecule has 0 radical (unpaired) electrons. The molecule has 1 saturated carbocycles. The highest BCUT2D eigenvalue weighted by molar-refractivity contribution is 5.93. The van der Waals surface area contributed by atoms with Crippen molar-refractivity contribution >= 4 is 11.8 Å². The van der Waals surface area contributed by atoms with E-state index in [2.05, 4.69) is 5.32 Å². The summed E-state index contributed by atoms with van der Waals surface area (Å²) >= 11 is 0. The molecule has 2 bridgehead atoms. The molecule has 1 N–H and O–H groups in total. The number of likely N-dealkylation sites (tertiary alicyclic amines) is 1. The number of carbonyl (C=O) groups excluding carboxylic acids is 2. The van der Waals surface area contributed by atoms with Crippen LogP contribution in [0, 0.1) is 11.8 Å². The van der Waals surface area contributed by atoms with Gasteiger partial charge in [0.15, 0.2) is 0 Å². The van der Waals surface area contributed by atoms with Crippen molar-refractivity contribution in [3.63, 3.8) is 0 Å². The predicted molar refractivity (Wildman–Crippen MR) is 106 cm³/mol. The molecule has 1 aromatic heterocycles. The number of nitrogens with one attached hydrogen (secondary N) is 1. The molecule has 4 aliphatic rings. The first-order valence-electron chi connectivity index (χ1n) is 10.7. The molecule has 3 fully saturated rings. The number of hydrogen-bond acceptors (Lipinski definition) is 4. The van der Waals surface area contributed by atoms with Crippen LogP contribution in [0.2, 0.25) is 0 Å². The van der Waals surface area contributed by atoms with E-state index < -0.39 is 17.4 Å². The smallest absolute Gasteiger partial charge is 0.250 e. The summed E-state index contributed by atoms with van der Waals surface area (Å²) in [6.07, 6.45) is 10.5. The minimum absolute atomic E-state index is 0.0454. The molecule has 1 aliphatic carbocycles. The minimum atomic E-state index is -0.621. The van der Waals surface area contributed by atoms with Gasteiger partial charge in [-0.1, -0.05) is 31.1 Å². The Balaban J connectivity index is 1.22. The van der Waals surface area contributed by atoms with Gasteiger partial charge in [-0.25, -0.2) is 0 Å². The molecule has 0 unspecified atom stereocenters. The number of aromatic nitrogens is 1. The molecule has 4 atom stereocenters. The fraction of sp³-hybridized carbons (Fsp3) is 0.591. The monoisotopic (exact) mass is 397 g/mol. The van der Waals surface area contributed by atoms with Crippen LogP contribution >= 0.6 is 0 Å². The van der Waals surface area contributed by atoms with Gasteiger partial charge in [0.05, 0.1) is 24.5 Å². The van der Waals surface area contributed by atoms with Crippen LogP contribution in [0.1, 0.15) is 32.1 Å². The van der Waals surface area contributed by atoms with E-state index in [1.54, 1.807) is 16.8 Å². The first-order chi connectivity index (χ1) is 14.1. The first-order valence-corrected chi connectivity index (χ1v) is 10.7. The zero-order valence-corrected chi connectivity index (χ0v) is 16.5. The van der Waals surface area contributed by atoms with E-state index in [9.17, 15) is 14.4 Å². The highest BCUT2D eigenvalue weighted by Gasteiger charge is 2.67. The highest BCUT2D eigenvalue weighted by atomic mass is 16.5. The number of amides is 2. The quantitative estimate of drug-likeness (QED) is 0.575. The summed E-state index contributed by atoms with van der Waals surface area (Å²) in [5, 5.41) is 2.97. The standard InChI is InChI=1S/C22H27N3O4/c26-17-8-3-4-12-24(17)13-5-11-23-20(27)18-16-9-10-22(29-16)14-25(21(28)19(18)22)15-6-1-2-7-15/h3-4,8-10,12,15-16,18-19H,1-2,5-7,11,13-14H2,(H,23,27)/t16-,18-,19+,22-/m0/s1. The van der Waals surface area contributed by atoms with Gasteiger partial charge in [-0.15, -0.1) is 0 Å². The number of ether oxygens (including phenoxy) is 1. The molecule has 1 spiro atoms. The molecule has 0 aromatic carbocycles. The van der Waals surface area contributed by atoms with Crippen molar-refractivity contribution in [2.45, 2.75) is 56.4 Å². The lowest BCUT2D eigenvalue weighted by Crippen LogP contribution is -2.45. The van der Waals surface area contributed by atoms with E-state index in [1.807, 2.05) is 23.1 Å². The molecule has 7 heteroatoms. The van der Waals surface area contributed by atoms with Crippen molar-refractivity contribution in [3.8, 4) is 0 Å². The Bertz CT molecular complexity index is 903. The molecule has 154 valence electrons. The molecule has 5 rings (SSSR count). The molecule has 2 amide bonds. The van der Waals surface area contributed by atoms with Crippen LogP contribution in [0.5, 0.6) is 0 Å². The van der Waals surface area contributed by atoms with Gasteiger partial charge in [0.1, 0.15) is 5.60 Å². The van der Waals surface area contributed by atoms with Crippen LogP contribution in [-0.2, 0) is 20.9 Å². The fourth-order valence-corrected chi connectivity index (χ4v) is 5.58. The summed E-state index contributed by atoms with van der Waals surface area (Å²) < 4.78 is 7.82. The third-order valence-electron chi connectivity index (χ3n) is 6.97. The van der Waals surface area contributed by atoms with Crippen LogP contribution in [0.4, 0.5) is 0 Å². The number of nitrogens with zero attached hydrogens (tertiary/aromatic N) is 2. The predicted octanol–water partition coefficient (Wildman–Crippen LogP) is 1.08. The molecular weight excluding hydrogens is 370 g/mol. The topological polar surface area (TPSA) is 80.6 Å². The summed E-state index contributed by atoms with van der Waals surface area (Å²) in [4.78, 5) is 39.9. The van der Waals surface area contributed by atoms with Crippen LogP contribution in [0.3, 0.4) is 0 Å². The maximum Gasteiger partial charge on any atom is 0.250 e. The largest absolute Gasteiger partial charge is 0.360 e. The second-order valence-corrected chi connectivity index (χ2v) is 8.68. The van der Waals surface area contributed by atoms with Crippen LogP contribution in [-0.4, -0.2) is 52.1 Å². The van der Waals surface area contributed by atoms with Gasteiger partial charge < -0.3 is 19.5 Å². The molecule has 7 nitrogen and oxygen atoms in total. The van der Waals surface area contributed by atoms with Gasteiger partial charge in [-0.05, 0) is 25.3 Å². The van der Waals surface area contributed by atoms with Gasteiger partial charge in [-0.2, -0.15) is 0 Å². The van der Waals surface area contributed by atoms with E-state index in [-0.39, 0.29) is 23.5 Å². The van der Waals surface area contributed by atoms with Crippen molar-refractivity contribution in [2.24, 2.45) is 11.8 Å².